The Kier molecular flexibility index (Phi) is 5.63. The number of carbonyl (C=O) groups is 2. The molecule has 1 aromatic rings. The van der Waals surface area contributed by atoms with Gasteiger partial charge in [0.1, 0.15) is 0 Å². The van der Waals surface area contributed by atoms with Gasteiger partial charge in [-0.15, -0.1) is 11.6 Å². The molecule has 22 heavy (non-hydrogen) atoms. The average molecular weight is 322 g/mol. The Morgan fingerprint density at radius 1 is 1.32 bits per heavy atom. The summed E-state index contributed by atoms with van der Waals surface area (Å²) in [6.45, 7) is 6.77. The molecule has 1 aliphatic heterocycles. The number of anilines is 1. The maximum atomic E-state index is 12.4. The minimum absolute atomic E-state index is 0.0300. The van der Waals surface area contributed by atoms with Crippen LogP contribution in [0.4, 0.5) is 5.69 Å². The summed E-state index contributed by atoms with van der Waals surface area (Å²) in [5.74, 6) is 0.483. The fraction of sp³-hybridized carbons (Fsp3) is 0.556. The van der Waals surface area contributed by atoms with Crippen molar-refractivity contribution in [2.75, 3.05) is 11.4 Å². The van der Waals surface area contributed by atoms with E-state index in [0.29, 0.717) is 24.3 Å². The number of nitrogens with zero attached hydrogens (tertiary/aromatic N) is 1. The fourth-order valence-electron chi connectivity index (χ4n) is 2.84. The van der Waals surface area contributed by atoms with Crippen molar-refractivity contribution in [1.82, 2.24) is 0 Å². The van der Waals surface area contributed by atoms with Crippen LogP contribution in [-0.2, 0) is 11.2 Å². The van der Waals surface area contributed by atoms with Crippen LogP contribution >= 0.6 is 11.6 Å². The molecule has 0 aliphatic carbocycles. The minimum atomic E-state index is -0.472. The fourth-order valence-corrected chi connectivity index (χ4v) is 2.96. The molecule has 1 unspecified atom stereocenters. The highest BCUT2D eigenvalue weighted by atomic mass is 35.5. The van der Waals surface area contributed by atoms with Gasteiger partial charge in [0.25, 0.3) is 0 Å². The number of halogens is 1. The molecule has 3 nitrogen and oxygen atoms in total. The first-order valence-electron chi connectivity index (χ1n) is 8.05. The van der Waals surface area contributed by atoms with Crippen LogP contribution in [0, 0.1) is 5.92 Å². The summed E-state index contributed by atoms with van der Waals surface area (Å²) < 4.78 is 0. The van der Waals surface area contributed by atoms with Gasteiger partial charge in [-0.3, -0.25) is 9.59 Å². The Morgan fingerprint density at radius 2 is 2.05 bits per heavy atom. The van der Waals surface area contributed by atoms with E-state index in [1.54, 1.807) is 6.07 Å². The van der Waals surface area contributed by atoms with Crippen LogP contribution in [0.25, 0.3) is 0 Å². The molecular formula is C18H24ClNO2. The third-order valence-corrected chi connectivity index (χ3v) is 4.52. The van der Waals surface area contributed by atoms with E-state index in [1.165, 1.54) is 0 Å². The van der Waals surface area contributed by atoms with Gasteiger partial charge in [0.15, 0.2) is 5.78 Å². The first kappa shape index (κ1) is 17.0. The summed E-state index contributed by atoms with van der Waals surface area (Å²) in [6, 6.07) is 5.62. The molecular weight excluding hydrogens is 298 g/mol. The minimum Gasteiger partial charge on any atom is -0.312 e. The summed E-state index contributed by atoms with van der Waals surface area (Å²) in [5, 5.41) is -0.472. The molecule has 1 atom stereocenters. The van der Waals surface area contributed by atoms with Gasteiger partial charge >= 0.3 is 0 Å². The lowest BCUT2D eigenvalue weighted by atomic mass is 9.96. The molecule has 0 saturated heterocycles. The normalized spacial score (nSPS) is 15.6. The van der Waals surface area contributed by atoms with Crippen LogP contribution in [0.2, 0.25) is 0 Å². The van der Waals surface area contributed by atoms with Crippen LogP contribution in [0.5, 0.6) is 0 Å². The maximum Gasteiger partial charge on any atom is 0.227 e. The van der Waals surface area contributed by atoms with Crippen LogP contribution < -0.4 is 4.90 Å². The van der Waals surface area contributed by atoms with Crippen molar-refractivity contribution < 1.29 is 9.59 Å². The Labute approximate surface area is 137 Å². The lowest BCUT2D eigenvalue weighted by molar-refractivity contribution is -0.119. The summed E-state index contributed by atoms with van der Waals surface area (Å²) in [6.07, 6.45) is 3.02. The topological polar surface area (TPSA) is 37.4 Å². The summed E-state index contributed by atoms with van der Waals surface area (Å²) in [4.78, 5) is 26.5. The smallest absolute Gasteiger partial charge is 0.227 e. The molecule has 1 heterocycles. The standard InChI is InChI=1S/C18H24ClNO2/c1-4-15(19)18(22)14-7-8-16-13(11-14)6-5-9-20(16)17(21)10-12(2)3/h7-8,11-12,15H,4-6,9-10H2,1-3H3. The zero-order valence-corrected chi connectivity index (χ0v) is 14.3. The van der Waals surface area contributed by atoms with Gasteiger partial charge in [0.2, 0.25) is 5.91 Å². The Balaban J connectivity index is 2.26. The number of rotatable bonds is 5. The van der Waals surface area contributed by atoms with Crippen LogP contribution in [0.1, 0.15) is 56.0 Å². The average Bonchev–Trinajstić information content (AvgIpc) is 2.51. The number of carbonyl (C=O) groups excluding carboxylic acids is 2. The van der Waals surface area contributed by atoms with Gasteiger partial charge in [-0.2, -0.15) is 0 Å². The zero-order chi connectivity index (χ0) is 16.3. The van der Waals surface area contributed by atoms with Gasteiger partial charge in [-0.1, -0.05) is 20.8 Å². The summed E-state index contributed by atoms with van der Waals surface area (Å²) >= 11 is 6.06. The van der Waals surface area contributed by atoms with E-state index >= 15 is 0 Å². The zero-order valence-electron chi connectivity index (χ0n) is 13.6. The predicted molar refractivity (Wildman–Crippen MR) is 90.8 cm³/mol. The maximum absolute atomic E-state index is 12.4. The van der Waals surface area contributed by atoms with Gasteiger partial charge < -0.3 is 4.90 Å². The Morgan fingerprint density at radius 3 is 2.68 bits per heavy atom. The number of benzene rings is 1. The molecule has 120 valence electrons. The SMILES string of the molecule is CCC(Cl)C(=O)c1ccc2c(c1)CCCN2C(=O)CC(C)C. The Bertz CT molecular complexity index is 568. The highest BCUT2D eigenvalue weighted by Crippen LogP contribution is 2.30. The van der Waals surface area contributed by atoms with Crippen molar-refractivity contribution >= 4 is 29.0 Å². The number of hydrogen-bond donors (Lipinski definition) is 0. The molecule has 0 radical (unpaired) electrons. The molecule has 0 fully saturated rings. The first-order chi connectivity index (χ1) is 10.4. The van der Waals surface area contributed by atoms with Crippen LogP contribution in [0.15, 0.2) is 18.2 Å². The van der Waals surface area contributed by atoms with Crippen molar-refractivity contribution in [1.29, 1.82) is 0 Å². The van der Waals surface area contributed by atoms with Crippen LogP contribution in [0.3, 0.4) is 0 Å². The lowest BCUT2D eigenvalue weighted by Crippen LogP contribution is -2.36. The quantitative estimate of drug-likeness (QED) is 0.601. The van der Waals surface area contributed by atoms with Crippen molar-refractivity contribution in [3.63, 3.8) is 0 Å². The molecule has 1 aliphatic rings. The third kappa shape index (κ3) is 3.70. The van der Waals surface area contributed by atoms with Gasteiger partial charge in [-0.25, -0.2) is 0 Å². The molecule has 4 heteroatoms. The van der Waals surface area contributed by atoms with Crippen molar-refractivity contribution in [2.45, 2.75) is 51.8 Å². The second-order valence-electron chi connectivity index (χ2n) is 6.33. The number of hydrogen-bond acceptors (Lipinski definition) is 2. The molecule has 0 saturated carbocycles. The largest absolute Gasteiger partial charge is 0.312 e. The van der Waals surface area contributed by atoms with Gasteiger partial charge in [-0.05, 0) is 48.9 Å². The number of fused-ring (bicyclic) bond motifs is 1. The van der Waals surface area contributed by atoms with E-state index in [9.17, 15) is 9.59 Å². The summed E-state index contributed by atoms with van der Waals surface area (Å²) in [5.41, 5.74) is 2.68. The number of alkyl halides is 1. The summed E-state index contributed by atoms with van der Waals surface area (Å²) in [7, 11) is 0. The van der Waals surface area contributed by atoms with E-state index < -0.39 is 5.38 Å². The Hall–Kier alpha value is -1.35. The molecule has 0 N–H and O–H groups in total. The first-order valence-corrected chi connectivity index (χ1v) is 8.49. The lowest BCUT2D eigenvalue weighted by Gasteiger charge is -2.30. The molecule has 1 aromatic carbocycles. The molecule has 0 aromatic heterocycles. The number of ketones is 1. The molecule has 1 amide bonds. The third-order valence-electron chi connectivity index (χ3n) is 4.01. The van der Waals surface area contributed by atoms with Crippen molar-refractivity contribution in [3.8, 4) is 0 Å². The highest BCUT2D eigenvalue weighted by Gasteiger charge is 2.24. The second-order valence-corrected chi connectivity index (χ2v) is 6.86. The molecule has 2 rings (SSSR count). The highest BCUT2D eigenvalue weighted by molar-refractivity contribution is 6.33. The number of amides is 1. The van der Waals surface area contributed by atoms with Crippen molar-refractivity contribution in [3.05, 3.63) is 29.3 Å². The van der Waals surface area contributed by atoms with Gasteiger partial charge in [0, 0.05) is 24.2 Å². The van der Waals surface area contributed by atoms with Gasteiger partial charge in [0.05, 0.1) is 5.38 Å². The monoisotopic (exact) mass is 321 g/mol. The number of Topliss-reactive ketones (excluding diaryl/α,β-unsaturated/α-hetero) is 1. The second kappa shape index (κ2) is 7.28. The molecule has 0 bridgehead atoms. The number of aryl methyl sites for hydroxylation is 1. The van der Waals surface area contributed by atoms with Crippen molar-refractivity contribution in [2.24, 2.45) is 5.92 Å². The van der Waals surface area contributed by atoms with Crippen LogP contribution in [-0.4, -0.2) is 23.6 Å². The van der Waals surface area contributed by atoms with E-state index in [4.69, 9.17) is 11.6 Å². The predicted octanol–water partition coefficient (Wildman–Crippen LogP) is 4.21. The molecule has 0 spiro atoms. The van der Waals surface area contributed by atoms with E-state index in [1.807, 2.05) is 24.0 Å². The van der Waals surface area contributed by atoms with E-state index in [0.717, 1.165) is 30.6 Å². The van der Waals surface area contributed by atoms with E-state index in [2.05, 4.69) is 13.8 Å². The van der Waals surface area contributed by atoms with E-state index in [-0.39, 0.29) is 11.7 Å².